The largest absolute Gasteiger partial charge is 0.492 e. The molecule has 3 rings (SSSR count). The molecular formula is C19H21FN2O4S. The van der Waals surface area contributed by atoms with Crippen molar-refractivity contribution in [2.45, 2.75) is 17.7 Å². The van der Waals surface area contributed by atoms with Gasteiger partial charge in [0.05, 0.1) is 17.0 Å². The van der Waals surface area contributed by atoms with Crippen molar-refractivity contribution in [2.24, 2.45) is 0 Å². The monoisotopic (exact) mass is 392 g/mol. The summed E-state index contributed by atoms with van der Waals surface area (Å²) in [6.07, 6.45) is 1.78. The Morgan fingerprint density at radius 1 is 1.07 bits per heavy atom. The minimum absolute atomic E-state index is 0.0195. The third kappa shape index (κ3) is 4.64. The first-order chi connectivity index (χ1) is 13.0. The van der Waals surface area contributed by atoms with E-state index in [1.54, 1.807) is 18.2 Å². The Kier molecular flexibility index (Phi) is 6.08. The quantitative estimate of drug-likeness (QED) is 0.735. The Morgan fingerprint density at radius 3 is 2.41 bits per heavy atom. The third-order valence-electron chi connectivity index (χ3n) is 4.30. The van der Waals surface area contributed by atoms with E-state index in [4.69, 9.17) is 4.74 Å². The van der Waals surface area contributed by atoms with E-state index in [0.29, 0.717) is 18.8 Å². The Labute approximate surface area is 158 Å². The molecule has 2 aromatic carbocycles. The van der Waals surface area contributed by atoms with E-state index in [0.717, 1.165) is 12.8 Å². The number of benzene rings is 2. The van der Waals surface area contributed by atoms with Crippen LogP contribution in [0.25, 0.3) is 0 Å². The highest BCUT2D eigenvalue weighted by atomic mass is 32.2. The maximum atomic E-state index is 13.5. The number of sulfonamides is 1. The molecule has 0 aliphatic carbocycles. The molecule has 2 aromatic rings. The molecule has 1 N–H and O–H groups in total. The van der Waals surface area contributed by atoms with Gasteiger partial charge in [0.1, 0.15) is 18.2 Å². The number of carbonyl (C=O) groups excluding carboxylic acids is 1. The molecule has 1 heterocycles. The van der Waals surface area contributed by atoms with Gasteiger partial charge in [-0.1, -0.05) is 12.1 Å². The fourth-order valence-electron chi connectivity index (χ4n) is 2.86. The van der Waals surface area contributed by atoms with Gasteiger partial charge in [-0.15, -0.1) is 0 Å². The van der Waals surface area contributed by atoms with Crippen molar-refractivity contribution < 1.29 is 22.3 Å². The van der Waals surface area contributed by atoms with Gasteiger partial charge in [-0.25, -0.2) is 12.8 Å². The van der Waals surface area contributed by atoms with Crippen LogP contribution in [0.4, 0.5) is 4.39 Å². The smallest absolute Gasteiger partial charge is 0.254 e. The molecule has 0 spiro atoms. The molecule has 27 heavy (non-hydrogen) atoms. The van der Waals surface area contributed by atoms with Crippen LogP contribution < -0.4 is 10.1 Å². The molecule has 0 atom stereocenters. The molecular weight excluding hydrogens is 371 g/mol. The number of carbonyl (C=O) groups is 1. The highest BCUT2D eigenvalue weighted by Gasteiger charge is 2.26. The van der Waals surface area contributed by atoms with E-state index in [1.807, 2.05) is 0 Å². The lowest BCUT2D eigenvalue weighted by Crippen LogP contribution is -2.28. The number of rotatable bonds is 7. The second kappa shape index (κ2) is 8.49. The van der Waals surface area contributed by atoms with Crippen molar-refractivity contribution in [3.63, 3.8) is 0 Å². The van der Waals surface area contributed by atoms with Crippen molar-refractivity contribution in [2.75, 3.05) is 26.2 Å². The number of hydrogen-bond acceptors (Lipinski definition) is 4. The van der Waals surface area contributed by atoms with Crippen LogP contribution in [0.2, 0.25) is 0 Å². The van der Waals surface area contributed by atoms with E-state index >= 15 is 0 Å². The second-order valence-corrected chi connectivity index (χ2v) is 8.10. The highest BCUT2D eigenvalue weighted by Crippen LogP contribution is 2.22. The van der Waals surface area contributed by atoms with Crippen LogP contribution in [0.3, 0.4) is 0 Å². The highest BCUT2D eigenvalue weighted by molar-refractivity contribution is 7.89. The topological polar surface area (TPSA) is 75.7 Å². The Morgan fingerprint density at radius 2 is 1.74 bits per heavy atom. The summed E-state index contributed by atoms with van der Waals surface area (Å²) in [7, 11) is -3.44. The maximum absolute atomic E-state index is 13.5. The van der Waals surface area contributed by atoms with Crippen molar-refractivity contribution in [3.8, 4) is 5.75 Å². The standard InChI is InChI=1S/C19H21FN2O4S/c20-18-6-2-1-5-17(18)19(23)21-11-14-26-15-7-9-16(10-8-15)27(24,25)22-12-3-4-13-22/h1-2,5-10H,3-4,11-14H2,(H,21,23). The summed E-state index contributed by atoms with van der Waals surface area (Å²) in [6, 6.07) is 11.9. The summed E-state index contributed by atoms with van der Waals surface area (Å²) in [5.74, 6) is -0.593. The van der Waals surface area contributed by atoms with Crippen LogP contribution >= 0.6 is 0 Å². The molecule has 1 saturated heterocycles. The summed E-state index contributed by atoms with van der Waals surface area (Å²) in [5, 5.41) is 2.58. The van der Waals surface area contributed by atoms with Crippen LogP contribution in [0.1, 0.15) is 23.2 Å². The minimum atomic E-state index is -3.44. The van der Waals surface area contributed by atoms with Crippen LogP contribution in [0.5, 0.6) is 5.75 Å². The molecule has 0 radical (unpaired) electrons. The van der Waals surface area contributed by atoms with Gasteiger partial charge in [-0.3, -0.25) is 4.79 Å². The van der Waals surface area contributed by atoms with Gasteiger partial charge in [-0.2, -0.15) is 4.31 Å². The number of ether oxygens (including phenoxy) is 1. The lowest BCUT2D eigenvalue weighted by Gasteiger charge is -2.15. The third-order valence-corrected chi connectivity index (χ3v) is 6.21. The summed E-state index contributed by atoms with van der Waals surface area (Å²) in [5.41, 5.74) is -0.0195. The molecule has 0 aromatic heterocycles. The lowest BCUT2D eigenvalue weighted by atomic mass is 10.2. The molecule has 1 aliphatic rings. The van der Waals surface area contributed by atoms with Crippen molar-refractivity contribution in [1.82, 2.24) is 9.62 Å². The second-order valence-electron chi connectivity index (χ2n) is 6.17. The van der Waals surface area contributed by atoms with E-state index in [1.165, 1.54) is 34.6 Å². The molecule has 1 aliphatic heterocycles. The average Bonchev–Trinajstić information content (AvgIpc) is 3.21. The molecule has 1 fully saturated rings. The zero-order valence-electron chi connectivity index (χ0n) is 14.7. The minimum Gasteiger partial charge on any atom is -0.492 e. The predicted molar refractivity (Wildman–Crippen MR) is 98.7 cm³/mol. The van der Waals surface area contributed by atoms with Gasteiger partial charge >= 0.3 is 0 Å². The Hall–Kier alpha value is -2.45. The van der Waals surface area contributed by atoms with E-state index in [9.17, 15) is 17.6 Å². The molecule has 0 bridgehead atoms. The normalized spacial score (nSPS) is 14.9. The first-order valence-corrected chi connectivity index (χ1v) is 10.2. The van der Waals surface area contributed by atoms with Crippen molar-refractivity contribution >= 4 is 15.9 Å². The first-order valence-electron chi connectivity index (χ1n) is 8.74. The van der Waals surface area contributed by atoms with Gasteiger partial charge in [0.2, 0.25) is 10.0 Å². The van der Waals surface area contributed by atoms with Gasteiger partial charge in [-0.05, 0) is 49.2 Å². The zero-order valence-corrected chi connectivity index (χ0v) is 15.5. The SMILES string of the molecule is O=C(NCCOc1ccc(S(=O)(=O)N2CCCC2)cc1)c1ccccc1F. The number of nitrogens with zero attached hydrogens (tertiary/aromatic N) is 1. The lowest BCUT2D eigenvalue weighted by molar-refractivity contribution is 0.0943. The summed E-state index contributed by atoms with van der Waals surface area (Å²) >= 11 is 0. The number of nitrogens with one attached hydrogen (secondary N) is 1. The van der Waals surface area contributed by atoms with Crippen LogP contribution in [-0.4, -0.2) is 44.9 Å². The predicted octanol–water partition coefficient (Wildman–Crippen LogP) is 2.42. The maximum Gasteiger partial charge on any atom is 0.254 e. The van der Waals surface area contributed by atoms with Gasteiger partial charge in [0, 0.05) is 13.1 Å². The zero-order chi connectivity index (χ0) is 19.3. The Bertz CT molecular complexity index is 894. The molecule has 0 unspecified atom stereocenters. The van der Waals surface area contributed by atoms with Crippen LogP contribution in [0.15, 0.2) is 53.4 Å². The van der Waals surface area contributed by atoms with Crippen molar-refractivity contribution in [1.29, 1.82) is 0 Å². The summed E-state index contributed by atoms with van der Waals surface area (Å²) < 4.78 is 45.4. The summed E-state index contributed by atoms with van der Waals surface area (Å²) in [6.45, 7) is 1.49. The molecule has 1 amide bonds. The fraction of sp³-hybridized carbons (Fsp3) is 0.316. The van der Waals surface area contributed by atoms with E-state index in [-0.39, 0.29) is 23.6 Å². The molecule has 0 saturated carbocycles. The van der Waals surface area contributed by atoms with Gasteiger partial charge in [0.25, 0.3) is 5.91 Å². The molecule has 6 nitrogen and oxygen atoms in total. The number of halogens is 1. The number of hydrogen-bond donors (Lipinski definition) is 1. The van der Waals surface area contributed by atoms with Crippen molar-refractivity contribution in [3.05, 3.63) is 59.9 Å². The summed E-state index contributed by atoms with van der Waals surface area (Å²) in [4.78, 5) is 12.1. The molecule has 8 heteroatoms. The van der Waals surface area contributed by atoms with Gasteiger partial charge < -0.3 is 10.1 Å². The first kappa shape index (κ1) is 19.3. The van der Waals surface area contributed by atoms with Crippen LogP contribution in [0, 0.1) is 5.82 Å². The molecule has 144 valence electrons. The Balaban J connectivity index is 1.49. The van der Waals surface area contributed by atoms with E-state index in [2.05, 4.69) is 5.32 Å². The fourth-order valence-corrected chi connectivity index (χ4v) is 4.38. The average molecular weight is 392 g/mol. The van der Waals surface area contributed by atoms with Crippen LogP contribution in [-0.2, 0) is 10.0 Å². The van der Waals surface area contributed by atoms with E-state index < -0.39 is 21.7 Å². The number of amides is 1. The van der Waals surface area contributed by atoms with Gasteiger partial charge in [0.15, 0.2) is 0 Å².